The highest BCUT2D eigenvalue weighted by atomic mass is 32.1. The highest BCUT2D eigenvalue weighted by molar-refractivity contribution is 7.13. The maximum atomic E-state index is 13.2. The number of aromatic nitrogens is 1. The molecule has 2 saturated heterocycles. The number of likely N-dealkylation sites (tertiary alicyclic amines) is 1. The minimum absolute atomic E-state index is 0.0420. The first-order valence-electron chi connectivity index (χ1n) is 9.89. The van der Waals surface area contributed by atoms with Crippen LogP contribution < -0.4 is 0 Å². The van der Waals surface area contributed by atoms with E-state index in [4.69, 9.17) is 9.15 Å². The summed E-state index contributed by atoms with van der Waals surface area (Å²) in [6, 6.07) is 14.6. The minimum Gasteiger partial charge on any atom is -0.440 e. The molecule has 3 aromatic rings. The van der Waals surface area contributed by atoms with Crippen LogP contribution in [0, 0.1) is 6.92 Å². The van der Waals surface area contributed by atoms with Crippen LogP contribution in [-0.2, 0) is 11.3 Å². The number of amides is 1. The second-order valence-corrected chi connectivity index (χ2v) is 8.49. The van der Waals surface area contributed by atoms with E-state index in [1.807, 2.05) is 28.5 Å². The molecule has 7 heteroatoms. The number of carbonyl (C=O) groups is 1. The summed E-state index contributed by atoms with van der Waals surface area (Å²) in [5.74, 6) is 1.00. The van der Waals surface area contributed by atoms with Crippen molar-refractivity contribution in [2.45, 2.75) is 25.6 Å². The van der Waals surface area contributed by atoms with Gasteiger partial charge in [-0.25, -0.2) is 4.98 Å². The first-order valence-corrected chi connectivity index (χ1v) is 10.8. The van der Waals surface area contributed by atoms with Crippen molar-refractivity contribution in [3.63, 3.8) is 0 Å². The number of fused-ring (bicyclic) bond motifs is 1. The fraction of sp³-hybridized carbons (Fsp3) is 0.364. The van der Waals surface area contributed by atoms with E-state index in [0.717, 1.165) is 18.0 Å². The molecule has 0 spiro atoms. The van der Waals surface area contributed by atoms with Crippen LogP contribution in [0.4, 0.5) is 0 Å². The van der Waals surface area contributed by atoms with Gasteiger partial charge in [0.15, 0.2) is 5.69 Å². The molecule has 29 heavy (non-hydrogen) atoms. The molecule has 2 fully saturated rings. The van der Waals surface area contributed by atoms with Crippen LogP contribution in [0.25, 0.3) is 10.8 Å². The Bertz CT molecular complexity index is 986. The number of hydrogen-bond donors (Lipinski definition) is 0. The largest absolute Gasteiger partial charge is 0.440 e. The minimum atomic E-state index is -0.0771. The van der Waals surface area contributed by atoms with Gasteiger partial charge in [-0.15, -0.1) is 11.3 Å². The number of benzene rings is 1. The third kappa shape index (κ3) is 3.61. The van der Waals surface area contributed by atoms with E-state index in [-0.39, 0.29) is 18.1 Å². The number of morpholine rings is 1. The average molecular weight is 410 g/mol. The van der Waals surface area contributed by atoms with E-state index in [9.17, 15) is 4.79 Å². The number of aryl methyl sites for hydroxylation is 1. The number of thiophene rings is 1. The van der Waals surface area contributed by atoms with Crippen molar-refractivity contribution in [3.8, 4) is 10.8 Å². The lowest BCUT2D eigenvalue weighted by molar-refractivity contribution is -0.0503. The average Bonchev–Trinajstić information content (AvgIpc) is 3.48. The van der Waals surface area contributed by atoms with Crippen LogP contribution in [0.15, 0.2) is 52.3 Å². The standard InChI is InChI=1S/C22H23N3O3S/c1-15-20(23-21(28-15)19-8-5-11-29-19)22(26)25-13-17-18(14-25)27-10-9-24(17)12-16-6-3-2-4-7-16/h2-8,11,17-18H,9-10,12-14H2,1H3/t17-,18+/m1/s1. The third-order valence-corrected chi connectivity index (χ3v) is 6.52. The predicted octanol–water partition coefficient (Wildman–Crippen LogP) is 3.44. The summed E-state index contributed by atoms with van der Waals surface area (Å²) in [7, 11) is 0. The van der Waals surface area contributed by atoms with Gasteiger partial charge in [-0.2, -0.15) is 0 Å². The fourth-order valence-corrected chi connectivity index (χ4v) is 4.84. The van der Waals surface area contributed by atoms with Crippen molar-refractivity contribution < 1.29 is 13.9 Å². The summed E-state index contributed by atoms with van der Waals surface area (Å²) in [6.07, 6.45) is 0.0420. The van der Waals surface area contributed by atoms with E-state index in [1.165, 1.54) is 5.56 Å². The number of nitrogens with zero attached hydrogens (tertiary/aromatic N) is 3. The predicted molar refractivity (Wildman–Crippen MR) is 111 cm³/mol. The van der Waals surface area contributed by atoms with E-state index >= 15 is 0 Å². The zero-order chi connectivity index (χ0) is 19.8. The maximum Gasteiger partial charge on any atom is 0.276 e. The topological polar surface area (TPSA) is 58.8 Å². The summed E-state index contributed by atoms with van der Waals surface area (Å²) in [5.41, 5.74) is 1.69. The molecule has 1 aromatic carbocycles. The monoisotopic (exact) mass is 409 g/mol. The molecule has 0 saturated carbocycles. The Morgan fingerprint density at radius 2 is 2.07 bits per heavy atom. The normalized spacial score (nSPS) is 22.0. The maximum absolute atomic E-state index is 13.2. The van der Waals surface area contributed by atoms with E-state index in [1.54, 1.807) is 18.3 Å². The Balaban J connectivity index is 1.32. The van der Waals surface area contributed by atoms with Gasteiger partial charge in [0, 0.05) is 26.2 Å². The Morgan fingerprint density at radius 3 is 2.86 bits per heavy atom. The van der Waals surface area contributed by atoms with Crippen LogP contribution in [0.3, 0.4) is 0 Å². The second kappa shape index (κ2) is 7.74. The summed E-state index contributed by atoms with van der Waals surface area (Å²) < 4.78 is 11.8. The first kappa shape index (κ1) is 18.5. The van der Waals surface area contributed by atoms with Gasteiger partial charge in [0.05, 0.1) is 23.6 Å². The SMILES string of the molecule is Cc1oc(-c2cccs2)nc1C(=O)N1C[C@@H]2OCCN(Cc3ccccc3)[C@@H]2C1. The molecule has 0 unspecified atom stereocenters. The number of carbonyl (C=O) groups excluding carboxylic acids is 1. The molecule has 2 atom stereocenters. The van der Waals surface area contributed by atoms with Gasteiger partial charge in [0.2, 0.25) is 5.89 Å². The van der Waals surface area contributed by atoms with Crippen molar-refractivity contribution in [2.24, 2.45) is 0 Å². The van der Waals surface area contributed by atoms with E-state index in [0.29, 0.717) is 37.0 Å². The van der Waals surface area contributed by atoms with Gasteiger partial charge >= 0.3 is 0 Å². The lowest BCUT2D eigenvalue weighted by Crippen LogP contribution is -2.50. The first-order chi connectivity index (χ1) is 14.2. The Hall–Kier alpha value is -2.48. The number of oxazole rings is 1. The lowest BCUT2D eigenvalue weighted by Gasteiger charge is -2.36. The molecule has 2 aliphatic rings. The molecule has 0 bridgehead atoms. The van der Waals surface area contributed by atoms with Crippen LogP contribution in [0.1, 0.15) is 21.8 Å². The molecular weight excluding hydrogens is 386 g/mol. The molecule has 0 N–H and O–H groups in total. The van der Waals surface area contributed by atoms with Crippen LogP contribution in [0.2, 0.25) is 0 Å². The molecule has 150 valence electrons. The number of hydrogen-bond acceptors (Lipinski definition) is 6. The zero-order valence-electron chi connectivity index (χ0n) is 16.3. The molecule has 2 aliphatic heterocycles. The number of ether oxygens (including phenoxy) is 1. The Morgan fingerprint density at radius 1 is 1.21 bits per heavy atom. The second-order valence-electron chi connectivity index (χ2n) is 7.54. The van der Waals surface area contributed by atoms with Crippen LogP contribution in [0.5, 0.6) is 0 Å². The van der Waals surface area contributed by atoms with Crippen molar-refractivity contribution >= 4 is 17.2 Å². The molecule has 4 heterocycles. The van der Waals surface area contributed by atoms with Crippen LogP contribution >= 0.6 is 11.3 Å². The smallest absolute Gasteiger partial charge is 0.276 e. The van der Waals surface area contributed by atoms with E-state index in [2.05, 4.69) is 34.1 Å². The van der Waals surface area contributed by atoms with Crippen molar-refractivity contribution in [2.75, 3.05) is 26.2 Å². The van der Waals surface area contributed by atoms with Crippen molar-refractivity contribution in [1.82, 2.24) is 14.8 Å². The van der Waals surface area contributed by atoms with Gasteiger partial charge in [0.25, 0.3) is 5.91 Å². The summed E-state index contributed by atoms with van der Waals surface area (Å²) in [5, 5.41) is 1.97. The summed E-state index contributed by atoms with van der Waals surface area (Å²) >= 11 is 1.55. The quantitative estimate of drug-likeness (QED) is 0.661. The number of rotatable bonds is 4. The molecule has 6 nitrogen and oxygen atoms in total. The molecule has 2 aromatic heterocycles. The Kier molecular flexibility index (Phi) is 4.95. The zero-order valence-corrected chi connectivity index (χ0v) is 17.1. The highest BCUT2D eigenvalue weighted by Gasteiger charge is 2.42. The van der Waals surface area contributed by atoms with Gasteiger partial charge < -0.3 is 14.1 Å². The lowest BCUT2D eigenvalue weighted by atomic mass is 10.1. The van der Waals surface area contributed by atoms with Crippen molar-refractivity contribution in [3.05, 3.63) is 64.9 Å². The molecule has 0 aliphatic carbocycles. The van der Waals surface area contributed by atoms with Crippen molar-refractivity contribution in [1.29, 1.82) is 0 Å². The van der Waals surface area contributed by atoms with Gasteiger partial charge in [-0.3, -0.25) is 9.69 Å². The molecular formula is C22H23N3O3S. The fourth-order valence-electron chi connectivity index (χ4n) is 4.19. The van der Waals surface area contributed by atoms with Gasteiger partial charge in [-0.1, -0.05) is 36.4 Å². The molecule has 5 rings (SSSR count). The highest BCUT2D eigenvalue weighted by Crippen LogP contribution is 2.29. The Labute approximate surface area is 173 Å². The molecule has 0 radical (unpaired) electrons. The summed E-state index contributed by atoms with van der Waals surface area (Å²) in [4.78, 5) is 22.9. The summed E-state index contributed by atoms with van der Waals surface area (Å²) in [6.45, 7) is 5.50. The van der Waals surface area contributed by atoms with E-state index < -0.39 is 0 Å². The van der Waals surface area contributed by atoms with Gasteiger partial charge in [0.1, 0.15) is 5.76 Å². The van der Waals surface area contributed by atoms with Gasteiger partial charge in [-0.05, 0) is 23.9 Å². The third-order valence-electron chi connectivity index (χ3n) is 5.66. The van der Waals surface area contributed by atoms with Crippen LogP contribution in [-0.4, -0.2) is 59.1 Å². The molecule has 1 amide bonds.